The van der Waals surface area contributed by atoms with E-state index >= 15 is 0 Å². The van der Waals surface area contributed by atoms with E-state index in [1.54, 1.807) is 6.07 Å². The predicted molar refractivity (Wildman–Crippen MR) is 115 cm³/mol. The monoisotopic (exact) mass is 405 g/mol. The Morgan fingerprint density at radius 2 is 1.43 bits per heavy atom. The van der Waals surface area contributed by atoms with E-state index < -0.39 is 18.0 Å². The van der Waals surface area contributed by atoms with Gasteiger partial charge in [-0.25, -0.2) is 4.79 Å². The number of esters is 1. The maximum atomic E-state index is 12.7. The zero-order chi connectivity index (χ0) is 21.5. The molecule has 0 saturated heterocycles. The zero-order valence-electron chi connectivity index (χ0n) is 17.0. The normalized spacial score (nSPS) is 11.3. The Hall–Kier alpha value is -3.80. The fraction of sp³-hybridized carbons (Fsp3) is 0.167. The van der Waals surface area contributed by atoms with Crippen LogP contribution in [0.5, 0.6) is 11.5 Å². The number of hydrogen-bond acceptors (Lipinski definition) is 5. The van der Waals surface area contributed by atoms with E-state index in [1.807, 2.05) is 54.6 Å². The van der Waals surface area contributed by atoms with Crippen molar-refractivity contribution in [1.82, 2.24) is 0 Å². The van der Waals surface area contributed by atoms with Crippen LogP contribution in [0.25, 0.3) is 11.1 Å². The Balaban J connectivity index is 1.73. The summed E-state index contributed by atoms with van der Waals surface area (Å²) in [7, 11) is 2.98. The third-order valence-electron chi connectivity index (χ3n) is 4.51. The second-order valence-corrected chi connectivity index (χ2v) is 6.55. The topological polar surface area (TPSA) is 73.9 Å². The number of ether oxygens (including phenoxy) is 3. The first-order valence-corrected chi connectivity index (χ1v) is 9.41. The van der Waals surface area contributed by atoms with Gasteiger partial charge >= 0.3 is 5.97 Å². The van der Waals surface area contributed by atoms with Crippen molar-refractivity contribution in [3.63, 3.8) is 0 Å². The van der Waals surface area contributed by atoms with Gasteiger partial charge in [-0.1, -0.05) is 48.5 Å². The summed E-state index contributed by atoms with van der Waals surface area (Å²) in [4.78, 5) is 25.2. The average molecular weight is 405 g/mol. The molecule has 0 aliphatic rings. The van der Waals surface area contributed by atoms with Gasteiger partial charge in [0.15, 0.2) is 6.10 Å². The minimum atomic E-state index is -1.00. The summed E-state index contributed by atoms with van der Waals surface area (Å²) in [6, 6.07) is 21.9. The Bertz CT molecular complexity index is 1010. The van der Waals surface area contributed by atoms with Crippen LogP contribution in [0.2, 0.25) is 0 Å². The first-order valence-electron chi connectivity index (χ1n) is 9.41. The molecule has 0 spiro atoms. The Morgan fingerprint density at radius 1 is 0.833 bits per heavy atom. The smallest absolute Gasteiger partial charge is 0.339 e. The summed E-state index contributed by atoms with van der Waals surface area (Å²) in [6.07, 6.45) is -1.00. The standard InChI is InChI=1S/C24H23NO5/c1-16(30-24(27)18-13-19(28-2)15-20(14-18)29-3)23(26)25-22-12-8-7-11-21(22)17-9-5-4-6-10-17/h4-16H,1-3H3,(H,25,26)/t16-/m1/s1. The van der Waals surface area contributed by atoms with Gasteiger partial charge in [-0.05, 0) is 30.7 Å². The number of para-hydroxylation sites is 1. The molecule has 0 aliphatic carbocycles. The molecule has 6 nitrogen and oxygen atoms in total. The molecule has 154 valence electrons. The number of carbonyl (C=O) groups excluding carboxylic acids is 2. The molecule has 0 bridgehead atoms. The van der Waals surface area contributed by atoms with Gasteiger partial charge in [-0.15, -0.1) is 0 Å². The lowest BCUT2D eigenvalue weighted by Crippen LogP contribution is -2.30. The Labute approximate surface area is 175 Å². The molecule has 3 rings (SSSR count). The first-order chi connectivity index (χ1) is 14.5. The minimum absolute atomic E-state index is 0.232. The highest BCUT2D eigenvalue weighted by Gasteiger charge is 2.21. The van der Waals surface area contributed by atoms with Crippen molar-refractivity contribution in [2.45, 2.75) is 13.0 Å². The molecule has 0 unspecified atom stereocenters. The molecule has 0 fully saturated rings. The molecule has 0 saturated carbocycles. The molecule has 3 aromatic carbocycles. The Kier molecular flexibility index (Phi) is 6.70. The highest BCUT2D eigenvalue weighted by molar-refractivity contribution is 6.00. The maximum Gasteiger partial charge on any atom is 0.339 e. The molecule has 1 amide bonds. The summed E-state index contributed by atoms with van der Waals surface area (Å²) < 4.78 is 15.7. The quantitative estimate of drug-likeness (QED) is 0.584. The third kappa shape index (κ3) is 4.97. The van der Waals surface area contributed by atoms with Gasteiger partial charge in [0.05, 0.1) is 19.8 Å². The number of nitrogens with one attached hydrogen (secondary N) is 1. The van der Waals surface area contributed by atoms with E-state index in [0.29, 0.717) is 17.2 Å². The molecule has 1 N–H and O–H groups in total. The van der Waals surface area contributed by atoms with Gasteiger partial charge in [0, 0.05) is 17.3 Å². The van der Waals surface area contributed by atoms with Crippen LogP contribution in [0, 0.1) is 0 Å². The average Bonchev–Trinajstić information content (AvgIpc) is 2.79. The fourth-order valence-electron chi connectivity index (χ4n) is 2.90. The fourth-order valence-corrected chi connectivity index (χ4v) is 2.90. The SMILES string of the molecule is COc1cc(OC)cc(C(=O)O[C@H](C)C(=O)Nc2ccccc2-c2ccccc2)c1. The van der Waals surface area contributed by atoms with Gasteiger partial charge in [0.25, 0.3) is 5.91 Å². The van der Waals surface area contributed by atoms with Gasteiger partial charge in [0.1, 0.15) is 11.5 Å². The Morgan fingerprint density at radius 3 is 2.07 bits per heavy atom. The molecule has 6 heteroatoms. The molecule has 0 aromatic heterocycles. The molecule has 1 atom stereocenters. The van der Waals surface area contributed by atoms with Crippen molar-refractivity contribution in [2.24, 2.45) is 0 Å². The summed E-state index contributed by atoms with van der Waals surface area (Å²) >= 11 is 0. The van der Waals surface area contributed by atoms with Crippen molar-refractivity contribution < 1.29 is 23.8 Å². The van der Waals surface area contributed by atoms with Crippen LogP contribution in [-0.4, -0.2) is 32.2 Å². The molecule has 0 radical (unpaired) electrons. The predicted octanol–water partition coefficient (Wildman–Crippen LogP) is 4.55. The summed E-state index contributed by atoms with van der Waals surface area (Å²) in [5, 5.41) is 2.85. The highest BCUT2D eigenvalue weighted by Crippen LogP contribution is 2.28. The molecule has 3 aromatic rings. The van der Waals surface area contributed by atoms with Crippen molar-refractivity contribution in [1.29, 1.82) is 0 Å². The lowest BCUT2D eigenvalue weighted by molar-refractivity contribution is -0.123. The van der Waals surface area contributed by atoms with Crippen LogP contribution < -0.4 is 14.8 Å². The molecule has 30 heavy (non-hydrogen) atoms. The van der Waals surface area contributed by atoms with Crippen LogP contribution in [-0.2, 0) is 9.53 Å². The van der Waals surface area contributed by atoms with Crippen molar-refractivity contribution >= 4 is 17.6 Å². The van der Waals surface area contributed by atoms with Crippen LogP contribution in [0.4, 0.5) is 5.69 Å². The van der Waals surface area contributed by atoms with E-state index in [9.17, 15) is 9.59 Å². The minimum Gasteiger partial charge on any atom is -0.497 e. The number of rotatable bonds is 7. The van der Waals surface area contributed by atoms with E-state index in [-0.39, 0.29) is 5.56 Å². The zero-order valence-corrected chi connectivity index (χ0v) is 17.0. The van der Waals surface area contributed by atoms with Crippen molar-refractivity contribution in [3.8, 4) is 22.6 Å². The number of methoxy groups -OCH3 is 2. The second-order valence-electron chi connectivity index (χ2n) is 6.55. The van der Waals surface area contributed by atoms with Gasteiger partial charge in [0.2, 0.25) is 0 Å². The maximum absolute atomic E-state index is 12.7. The molecular formula is C24H23NO5. The summed E-state index contributed by atoms with van der Waals surface area (Å²) in [5.74, 6) is -0.168. The summed E-state index contributed by atoms with van der Waals surface area (Å²) in [5.41, 5.74) is 2.72. The molecule has 0 aliphatic heterocycles. The molecular weight excluding hydrogens is 382 g/mol. The van der Waals surface area contributed by atoms with Gasteiger partial charge < -0.3 is 19.5 Å². The first kappa shape index (κ1) is 20.9. The van der Waals surface area contributed by atoms with Crippen LogP contribution in [0.1, 0.15) is 17.3 Å². The second kappa shape index (κ2) is 9.60. The van der Waals surface area contributed by atoms with Crippen LogP contribution in [0.3, 0.4) is 0 Å². The number of anilines is 1. The summed E-state index contributed by atoms with van der Waals surface area (Å²) in [6.45, 7) is 1.52. The van der Waals surface area contributed by atoms with Crippen molar-refractivity contribution in [3.05, 3.63) is 78.4 Å². The number of benzene rings is 3. The lowest BCUT2D eigenvalue weighted by atomic mass is 10.0. The van der Waals surface area contributed by atoms with E-state index in [0.717, 1.165) is 11.1 Å². The number of amides is 1. The van der Waals surface area contributed by atoms with Crippen LogP contribution >= 0.6 is 0 Å². The van der Waals surface area contributed by atoms with E-state index in [1.165, 1.54) is 33.3 Å². The lowest BCUT2D eigenvalue weighted by Gasteiger charge is -2.16. The van der Waals surface area contributed by atoms with Crippen molar-refractivity contribution in [2.75, 3.05) is 19.5 Å². The third-order valence-corrected chi connectivity index (χ3v) is 4.51. The largest absolute Gasteiger partial charge is 0.497 e. The number of carbonyl (C=O) groups is 2. The van der Waals surface area contributed by atoms with Gasteiger partial charge in [-0.3, -0.25) is 4.79 Å². The number of hydrogen-bond donors (Lipinski definition) is 1. The molecule has 0 heterocycles. The van der Waals surface area contributed by atoms with E-state index in [2.05, 4.69) is 5.32 Å². The van der Waals surface area contributed by atoms with Gasteiger partial charge in [-0.2, -0.15) is 0 Å². The van der Waals surface area contributed by atoms with Crippen LogP contribution in [0.15, 0.2) is 72.8 Å². The van der Waals surface area contributed by atoms with E-state index in [4.69, 9.17) is 14.2 Å². The highest BCUT2D eigenvalue weighted by atomic mass is 16.5.